The summed E-state index contributed by atoms with van der Waals surface area (Å²) in [5, 5.41) is 12.1. The highest BCUT2D eigenvalue weighted by atomic mass is 16.6. The molecule has 0 aliphatic carbocycles. The van der Waals surface area contributed by atoms with Gasteiger partial charge in [-0.3, -0.25) is 9.59 Å². The van der Waals surface area contributed by atoms with Crippen LogP contribution in [0.25, 0.3) is 6.08 Å². The molecule has 36 heavy (non-hydrogen) atoms. The quantitative estimate of drug-likeness (QED) is 0.137. The van der Waals surface area contributed by atoms with Gasteiger partial charge in [0.25, 0.3) is 5.91 Å². The summed E-state index contributed by atoms with van der Waals surface area (Å²) in [6.45, 7) is 9.40. The zero-order valence-corrected chi connectivity index (χ0v) is 21.8. The van der Waals surface area contributed by atoms with Crippen LogP contribution < -0.4 is 19.5 Å². The molecule has 1 N–H and O–H groups in total. The van der Waals surface area contributed by atoms with Crippen LogP contribution in [-0.2, 0) is 15.0 Å². The highest BCUT2D eigenvalue weighted by Crippen LogP contribution is 2.29. The van der Waals surface area contributed by atoms with E-state index in [1.54, 1.807) is 18.2 Å². The highest BCUT2D eigenvalue weighted by Gasteiger charge is 2.14. The first kappa shape index (κ1) is 28.4. The van der Waals surface area contributed by atoms with E-state index in [0.29, 0.717) is 30.9 Å². The fraction of sp³-hybridized carbons (Fsp3) is 0.414. The zero-order valence-electron chi connectivity index (χ0n) is 21.8. The van der Waals surface area contributed by atoms with Crippen molar-refractivity contribution in [3.05, 3.63) is 59.2 Å². The van der Waals surface area contributed by atoms with E-state index in [-0.39, 0.29) is 23.2 Å². The maximum absolute atomic E-state index is 12.3. The number of nitrogens with one attached hydrogen (secondary N) is 1. The molecule has 0 atom stereocenters. The fourth-order valence-electron chi connectivity index (χ4n) is 3.28. The van der Waals surface area contributed by atoms with Crippen LogP contribution in [0.15, 0.2) is 48.0 Å². The summed E-state index contributed by atoms with van der Waals surface area (Å²) in [5.74, 6) is 0.529. The molecule has 0 spiro atoms. The van der Waals surface area contributed by atoms with Gasteiger partial charge >= 0.3 is 5.97 Å². The van der Waals surface area contributed by atoms with Gasteiger partial charge in [-0.05, 0) is 59.7 Å². The van der Waals surface area contributed by atoms with Gasteiger partial charge in [-0.2, -0.15) is 5.26 Å². The molecule has 0 aliphatic rings. The third-order valence-corrected chi connectivity index (χ3v) is 5.42. The number of unbranched alkanes of at least 4 members (excludes halogenated alkanes) is 1. The van der Waals surface area contributed by atoms with E-state index in [1.165, 1.54) is 18.7 Å². The van der Waals surface area contributed by atoms with E-state index in [4.69, 9.17) is 14.2 Å². The largest absolute Gasteiger partial charge is 0.494 e. The number of esters is 1. The summed E-state index contributed by atoms with van der Waals surface area (Å²) in [6, 6.07) is 14.8. The number of carbonyl (C=O) groups excluding carboxylic acids is 2. The molecule has 2 aromatic carbocycles. The van der Waals surface area contributed by atoms with Crippen molar-refractivity contribution in [1.82, 2.24) is 5.32 Å². The van der Waals surface area contributed by atoms with Gasteiger partial charge in [0.2, 0.25) is 0 Å². The number of hydrogen-bond donors (Lipinski definition) is 1. The first-order valence-corrected chi connectivity index (χ1v) is 12.2. The third kappa shape index (κ3) is 9.10. The van der Waals surface area contributed by atoms with Gasteiger partial charge < -0.3 is 19.5 Å². The predicted octanol–water partition coefficient (Wildman–Crippen LogP) is 5.58. The average molecular weight is 493 g/mol. The van der Waals surface area contributed by atoms with E-state index in [1.807, 2.05) is 37.3 Å². The van der Waals surface area contributed by atoms with Crippen molar-refractivity contribution in [1.29, 1.82) is 5.26 Å². The molecule has 0 bridgehead atoms. The lowest BCUT2D eigenvalue weighted by atomic mass is 9.87. The number of hydrogen-bond acceptors (Lipinski definition) is 6. The molecule has 0 radical (unpaired) electrons. The maximum Gasteiger partial charge on any atom is 0.311 e. The van der Waals surface area contributed by atoms with Crippen LogP contribution >= 0.6 is 0 Å². The SMILES string of the molecule is CCCCNC(=O)/C(C#N)=C/c1ccc(OC(=O)CCCOc2ccc(C(C)(C)C)cc2)c(OC)c1. The molecule has 0 saturated carbocycles. The number of benzene rings is 2. The minimum absolute atomic E-state index is 0.00838. The van der Waals surface area contributed by atoms with Crippen LogP contribution in [0.3, 0.4) is 0 Å². The Bertz CT molecular complexity index is 1090. The summed E-state index contributed by atoms with van der Waals surface area (Å²) in [4.78, 5) is 24.5. The minimum Gasteiger partial charge on any atom is -0.494 e. The Morgan fingerprint density at radius 1 is 1.06 bits per heavy atom. The lowest BCUT2D eigenvalue weighted by Gasteiger charge is -2.19. The molecule has 0 fully saturated rings. The number of methoxy groups -OCH3 is 1. The maximum atomic E-state index is 12.3. The Morgan fingerprint density at radius 2 is 1.78 bits per heavy atom. The third-order valence-electron chi connectivity index (χ3n) is 5.42. The molecule has 0 aromatic heterocycles. The second kappa shape index (κ2) is 13.9. The Morgan fingerprint density at radius 3 is 2.39 bits per heavy atom. The molecule has 0 heterocycles. The van der Waals surface area contributed by atoms with Crippen LogP contribution in [0, 0.1) is 11.3 Å². The van der Waals surface area contributed by atoms with Crippen molar-refractivity contribution in [2.45, 2.75) is 58.8 Å². The van der Waals surface area contributed by atoms with E-state index >= 15 is 0 Å². The standard InChI is InChI=1S/C29H36N2O5/c1-6-7-16-31-28(33)22(20-30)18-21-10-15-25(26(19-21)34-5)36-27(32)9-8-17-35-24-13-11-23(12-14-24)29(2,3)4/h10-15,18-19H,6-9,16-17H2,1-5H3,(H,31,33)/b22-18+. The van der Waals surface area contributed by atoms with Gasteiger partial charge in [-0.1, -0.05) is 52.3 Å². The number of rotatable bonds is 12. The van der Waals surface area contributed by atoms with Crippen LogP contribution in [0.4, 0.5) is 0 Å². The summed E-state index contributed by atoms with van der Waals surface area (Å²) >= 11 is 0. The summed E-state index contributed by atoms with van der Waals surface area (Å²) in [5.41, 5.74) is 1.89. The van der Waals surface area contributed by atoms with Crippen molar-refractivity contribution >= 4 is 18.0 Å². The molecule has 192 valence electrons. The Balaban J connectivity index is 1.90. The van der Waals surface area contributed by atoms with E-state index in [0.717, 1.165) is 18.6 Å². The lowest BCUT2D eigenvalue weighted by Crippen LogP contribution is -2.25. The smallest absolute Gasteiger partial charge is 0.311 e. The minimum atomic E-state index is -0.423. The van der Waals surface area contributed by atoms with E-state index in [2.05, 4.69) is 26.1 Å². The summed E-state index contributed by atoms with van der Waals surface area (Å²) in [6.07, 6.45) is 3.95. The average Bonchev–Trinajstić information content (AvgIpc) is 2.85. The molecule has 0 saturated heterocycles. The first-order chi connectivity index (χ1) is 17.2. The molecular weight excluding hydrogens is 456 g/mol. The fourth-order valence-corrected chi connectivity index (χ4v) is 3.28. The highest BCUT2D eigenvalue weighted by molar-refractivity contribution is 6.01. The predicted molar refractivity (Wildman–Crippen MR) is 140 cm³/mol. The summed E-state index contributed by atoms with van der Waals surface area (Å²) < 4.78 is 16.5. The zero-order chi connectivity index (χ0) is 26.6. The van der Waals surface area contributed by atoms with Crippen LogP contribution in [0.5, 0.6) is 17.2 Å². The summed E-state index contributed by atoms with van der Waals surface area (Å²) in [7, 11) is 1.46. The van der Waals surface area contributed by atoms with Crippen molar-refractivity contribution in [2.75, 3.05) is 20.3 Å². The Kier molecular flexibility index (Phi) is 11.0. The van der Waals surface area contributed by atoms with Gasteiger partial charge in [-0.15, -0.1) is 0 Å². The van der Waals surface area contributed by atoms with E-state index < -0.39 is 11.9 Å². The van der Waals surface area contributed by atoms with Crippen molar-refractivity contribution in [2.24, 2.45) is 0 Å². The van der Waals surface area contributed by atoms with Gasteiger partial charge in [0, 0.05) is 13.0 Å². The molecule has 7 heteroatoms. The molecule has 7 nitrogen and oxygen atoms in total. The van der Waals surface area contributed by atoms with Gasteiger partial charge in [0.15, 0.2) is 11.5 Å². The topological polar surface area (TPSA) is 97.7 Å². The van der Waals surface area contributed by atoms with Crippen molar-refractivity contribution < 1.29 is 23.8 Å². The number of nitriles is 1. The monoisotopic (exact) mass is 492 g/mol. The van der Waals surface area contributed by atoms with Gasteiger partial charge in [-0.25, -0.2) is 0 Å². The van der Waals surface area contributed by atoms with E-state index in [9.17, 15) is 14.9 Å². The second-order valence-corrected chi connectivity index (χ2v) is 9.39. The van der Waals surface area contributed by atoms with Crippen molar-refractivity contribution in [3.63, 3.8) is 0 Å². The normalized spacial score (nSPS) is 11.4. The first-order valence-electron chi connectivity index (χ1n) is 12.2. The number of nitrogens with zero attached hydrogens (tertiary/aromatic N) is 1. The Hall–Kier alpha value is -3.79. The van der Waals surface area contributed by atoms with Gasteiger partial charge in [0.1, 0.15) is 17.4 Å². The second-order valence-electron chi connectivity index (χ2n) is 9.39. The van der Waals surface area contributed by atoms with Gasteiger partial charge in [0.05, 0.1) is 13.7 Å². The molecule has 2 rings (SSSR count). The molecule has 0 aliphatic heterocycles. The number of carbonyl (C=O) groups is 2. The van der Waals surface area contributed by atoms with Crippen LogP contribution in [-0.4, -0.2) is 32.1 Å². The number of ether oxygens (including phenoxy) is 3. The lowest BCUT2D eigenvalue weighted by molar-refractivity contribution is -0.134. The molecule has 0 unspecified atom stereocenters. The van der Waals surface area contributed by atoms with Crippen LogP contribution in [0.1, 0.15) is 64.5 Å². The molecule has 2 aromatic rings. The number of amides is 1. The molecule has 1 amide bonds. The Labute approximate surface area is 214 Å². The van der Waals surface area contributed by atoms with Crippen LogP contribution in [0.2, 0.25) is 0 Å². The van der Waals surface area contributed by atoms with Crippen molar-refractivity contribution in [3.8, 4) is 23.3 Å². The molecular formula is C29H36N2O5.